The van der Waals surface area contributed by atoms with Gasteiger partial charge >= 0.3 is 0 Å². The van der Waals surface area contributed by atoms with E-state index in [1.807, 2.05) is 66.7 Å². The van der Waals surface area contributed by atoms with Crippen molar-refractivity contribution in [3.63, 3.8) is 0 Å². The summed E-state index contributed by atoms with van der Waals surface area (Å²) in [6.07, 6.45) is 0. The summed E-state index contributed by atoms with van der Waals surface area (Å²) < 4.78 is 0. The first-order valence-electron chi connectivity index (χ1n) is 8.41. The average molecular weight is 372 g/mol. The summed E-state index contributed by atoms with van der Waals surface area (Å²) >= 11 is 1.33. The quantitative estimate of drug-likeness (QED) is 0.534. The fourth-order valence-corrected chi connectivity index (χ4v) is 3.98. The van der Waals surface area contributed by atoms with Crippen molar-refractivity contribution in [3.05, 3.63) is 90.0 Å². The predicted octanol–water partition coefficient (Wildman–Crippen LogP) is 4.92. The maximum Gasteiger partial charge on any atom is 0.256 e. The molecule has 0 fully saturated rings. The van der Waals surface area contributed by atoms with Crippen LogP contribution in [0.15, 0.2) is 78.9 Å². The van der Waals surface area contributed by atoms with Gasteiger partial charge in [-0.3, -0.25) is 9.59 Å². The number of primary amides is 1. The zero-order valence-electron chi connectivity index (χ0n) is 14.3. The second-order valence-corrected chi connectivity index (χ2v) is 7.15. The van der Waals surface area contributed by atoms with Gasteiger partial charge in [0.15, 0.2) is 0 Å². The molecule has 4 nitrogen and oxygen atoms in total. The van der Waals surface area contributed by atoms with Crippen molar-refractivity contribution in [1.29, 1.82) is 0 Å². The molecule has 1 aromatic heterocycles. The highest BCUT2D eigenvalue weighted by Crippen LogP contribution is 2.35. The van der Waals surface area contributed by atoms with E-state index in [4.69, 9.17) is 5.73 Å². The molecule has 0 radical (unpaired) electrons. The number of hydrogen-bond donors (Lipinski definition) is 2. The molecule has 3 aromatic carbocycles. The summed E-state index contributed by atoms with van der Waals surface area (Å²) in [5.74, 6) is -0.841. The lowest BCUT2D eigenvalue weighted by molar-refractivity contribution is 0.100. The van der Waals surface area contributed by atoms with Gasteiger partial charge in [0, 0.05) is 10.4 Å². The minimum Gasteiger partial charge on any atom is -0.366 e. The summed E-state index contributed by atoms with van der Waals surface area (Å²) in [5, 5.41) is 5.35. The zero-order valence-corrected chi connectivity index (χ0v) is 15.1. The maximum absolute atomic E-state index is 12.7. The molecule has 0 bridgehead atoms. The minimum absolute atomic E-state index is 0.273. The third kappa shape index (κ3) is 3.45. The van der Waals surface area contributed by atoms with E-state index in [-0.39, 0.29) is 5.91 Å². The molecular formula is C22H16N2O2S. The molecule has 1 heterocycles. The second kappa shape index (κ2) is 7.05. The number of hydrogen-bond acceptors (Lipinski definition) is 3. The average Bonchev–Trinajstić information content (AvgIpc) is 3.12. The highest BCUT2D eigenvalue weighted by atomic mass is 32.1. The first-order valence-corrected chi connectivity index (χ1v) is 9.23. The Morgan fingerprint density at radius 3 is 2.26 bits per heavy atom. The summed E-state index contributed by atoms with van der Waals surface area (Å²) in [6.45, 7) is 0. The van der Waals surface area contributed by atoms with Gasteiger partial charge < -0.3 is 11.1 Å². The van der Waals surface area contributed by atoms with Crippen molar-refractivity contribution in [2.75, 3.05) is 5.32 Å². The van der Waals surface area contributed by atoms with Crippen molar-refractivity contribution in [1.82, 2.24) is 0 Å². The van der Waals surface area contributed by atoms with Crippen LogP contribution >= 0.6 is 11.3 Å². The Morgan fingerprint density at radius 2 is 1.52 bits per heavy atom. The summed E-state index contributed by atoms with van der Waals surface area (Å²) in [7, 11) is 0. The predicted molar refractivity (Wildman–Crippen MR) is 110 cm³/mol. The normalized spacial score (nSPS) is 10.7. The van der Waals surface area contributed by atoms with Crippen LogP contribution in [-0.4, -0.2) is 11.8 Å². The largest absolute Gasteiger partial charge is 0.366 e. The van der Waals surface area contributed by atoms with Crippen LogP contribution in [0.1, 0.15) is 20.7 Å². The summed E-state index contributed by atoms with van der Waals surface area (Å²) in [4.78, 5) is 25.4. The van der Waals surface area contributed by atoms with Crippen molar-refractivity contribution in [2.45, 2.75) is 0 Å². The molecule has 0 aliphatic heterocycles. The molecule has 0 aliphatic rings. The van der Waals surface area contributed by atoms with E-state index >= 15 is 0 Å². The minimum atomic E-state index is -0.567. The van der Waals surface area contributed by atoms with E-state index in [0.29, 0.717) is 16.1 Å². The van der Waals surface area contributed by atoms with Crippen LogP contribution in [0.5, 0.6) is 0 Å². The number of amides is 2. The highest BCUT2D eigenvalue weighted by molar-refractivity contribution is 7.20. The van der Waals surface area contributed by atoms with E-state index in [9.17, 15) is 9.59 Å². The van der Waals surface area contributed by atoms with Crippen LogP contribution in [-0.2, 0) is 0 Å². The van der Waals surface area contributed by atoms with E-state index in [1.165, 1.54) is 11.3 Å². The van der Waals surface area contributed by atoms with Crippen LogP contribution in [0.4, 0.5) is 5.00 Å². The van der Waals surface area contributed by atoms with Gasteiger partial charge in [-0.25, -0.2) is 0 Å². The molecule has 132 valence electrons. The number of rotatable bonds is 4. The smallest absolute Gasteiger partial charge is 0.256 e. The molecular weight excluding hydrogens is 356 g/mol. The molecule has 3 N–H and O–H groups in total. The first-order chi connectivity index (χ1) is 13.1. The maximum atomic E-state index is 12.7. The highest BCUT2D eigenvalue weighted by Gasteiger charge is 2.17. The molecule has 4 rings (SSSR count). The summed E-state index contributed by atoms with van der Waals surface area (Å²) in [6, 6.07) is 24.7. The van der Waals surface area contributed by atoms with Gasteiger partial charge in [-0.1, -0.05) is 60.7 Å². The lowest BCUT2D eigenvalue weighted by Gasteiger charge is -2.06. The molecule has 0 saturated heterocycles. The Hall–Kier alpha value is -3.44. The lowest BCUT2D eigenvalue weighted by Crippen LogP contribution is -2.16. The lowest BCUT2D eigenvalue weighted by atomic mass is 10.1. The number of thiophene rings is 1. The van der Waals surface area contributed by atoms with E-state index < -0.39 is 5.91 Å². The molecule has 0 unspecified atom stereocenters. The van der Waals surface area contributed by atoms with E-state index in [2.05, 4.69) is 5.32 Å². The van der Waals surface area contributed by atoms with Gasteiger partial charge in [-0.05, 0) is 34.5 Å². The molecule has 2 amide bonds. The van der Waals surface area contributed by atoms with Crippen LogP contribution in [0.2, 0.25) is 0 Å². The number of nitrogens with one attached hydrogen (secondary N) is 1. The number of fused-ring (bicyclic) bond motifs is 1. The standard InChI is InChI=1S/C22H16N2O2S/c23-20(25)18-13-19(15-7-2-1-3-8-15)27-22(18)24-21(26)17-11-10-14-6-4-5-9-16(14)12-17/h1-13H,(H2,23,25)(H,24,26). The SMILES string of the molecule is NC(=O)c1cc(-c2ccccc2)sc1NC(=O)c1ccc2ccccc2c1. The van der Waals surface area contributed by atoms with Crippen LogP contribution in [0, 0.1) is 0 Å². The van der Waals surface area contributed by atoms with Crippen molar-refractivity contribution >= 4 is 38.9 Å². The van der Waals surface area contributed by atoms with Crippen LogP contribution < -0.4 is 11.1 Å². The van der Waals surface area contributed by atoms with Gasteiger partial charge in [0.05, 0.1) is 5.56 Å². The van der Waals surface area contributed by atoms with Gasteiger partial charge in [-0.2, -0.15) is 0 Å². The molecule has 0 spiro atoms. The first kappa shape index (κ1) is 17.0. The summed E-state index contributed by atoms with van der Waals surface area (Å²) in [5.41, 5.74) is 7.32. The fourth-order valence-electron chi connectivity index (χ4n) is 2.92. The number of nitrogens with two attached hydrogens (primary N) is 1. The van der Waals surface area contributed by atoms with E-state index in [0.717, 1.165) is 21.2 Å². The van der Waals surface area contributed by atoms with Crippen LogP contribution in [0.3, 0.4) is 0 Å². The molecule has 5 heteroatoms. The monoisotopic (exact) mass is 372 g/mol. The number of carbonyl (C=O) groups excluding carboxylic acids is 2. The number of benzene rings is 3. The Kier molecular flexibility index (Phi) is 4.44. The molecule has 0 atom stereocenters. The Morgan fingerprint density at radius 1 is 0.815 bits per heavy atom. The van der Waals surface area contributed by atoms with Gasteiger partial charge in [0.1, 0.15) is 5.00 Å². The molecule has 27 heavy (non-hydrogen) atoms. The Labute approximate surface area is 160 Å². The molecule has 4 aromatic rings. The topological polar surface area (TPSA) is 72.2 Å². The van der Waals surface area contributed by atoms with Crippen molar-refractivity contribution < 1.29 is 9.59 Å². The Balaban J connectivity index is 1.67. The second-order valence-electron chi connectivity index (χ2n) is 6.10. The Bertz CT molecular complexity index is 1150. The number of carbonyl (C=O) groups is 2. The molecule has 0 saturated carbocycles. The van der Waals surface area contributed by atoms with Gasteiger partial charge in [0.25, 0.3) is 11.8 Å². The zero-order chi connectivity index (χ0) is 18.8. The molecule has 0 aliphatic carbocycles. The van der Waals surface area contributed by atoms with Gasteiger partial charge in [0.2, 0.25) is 0 Å². The fraction of sp³-hybridized carbons (Fsp3) is 0. The van der Waals surface area contributed by atoms with E-state index in [1.54, 1.807) is 12.1 Å². The van der Waals surface area contributed by atoms with Crippen molar-refractivity contribution in [2.24, 2.45) is 5.73 Å². The van der Waals surface area contributed by atoms with Crippen molar-refractivity contribution in [3.8, 4) is 10.4 Å². The third-order valence-corrected chi connectivity index (χ3v) is 5.39. The van der Waals surface area contributed by atoms with Gasteiger partial charge in [-0.15, -0.1) is 11.3 Å². The van der Waals surface area contributed by atoms with Crippen LogP contribution in [0.25, 0.3) is 21.2 Å². The number of anilines is 1. The third-order valence-electron chi connectivity index (χ3n) is 4.29.